The number of esters is 2. The van der Waals surface area contributed by atoms with Gasteiger partial charge in [-0.25, -0.2) is 4.79 Å². The summed E-state index contributed by atoms with van der Waals surface area (Å²) in [4.78, 5) is 37.1. The van der Waals surface area contributed by atoms with E-state index < -0.39 is 18.1 Å². The lowest BCUT2D eigenvalue weighted by Gasteiger charge is -2.31. The van der Waals surface area contributed by atoms with E-state index in [1.165, 1.54) is 83.5 Å². The zero-order chi connectivity index (χ0) is 44.9. The molecule has 0 aromatic rings. The Morgan fingerprint density at radius 2 is 0.984 bits per heavy atom. The largest absolute Gasteiger partial charge is 0.477 e. The second-order valence-electron chi connectivity index (χ2n) is 17.4. The van der Waals surface area contributed by atoms with Crippen LogP contribution in [0.15, 0.2) is 72.9 Å². The minimum atomic E-state index is -0.882. The summed E-state index contributed by atoms with van der Waals surface area (Å²) in [5, 5.41) is 9.64. The molecule has 61 heavy (non-hydrogen) atoms. The smallest absolute Gasteiger partial charge is 0.362 e. The van der Waals surface area contributed by atoms with Gasteiger partial charge in [-0.3, -0.25) is 9.59 Å². The first-order chi connectivity index (χ1) is 29.6. The van der Waals surface area contributed by atoms with Crippen LogP contribution in [-0.4, -0.2) is 80.6 Å². The van der Waals surface area contributed by atoms with Gasteiger partial charge in [-0.2, -0.15) is 0 Å². The first-order valence-corrected chi connectivity index (χ1v) is 24.5. The van der Waals surface area contributed by atoms with Crippen LogP contribution in [0.2, 0.25) is 0 Å². The van der Waals surface area contributed by atoms with Crippen LogP contribution in [0.3, 0.4) is 0 Å². The molecule has 0 spiro atoms. The van der Waals surface area contributed by atoms with Crippen molar-refractivity contribution >= 4 is 17.9 Å². The molecule has 0 bridgehead atoms. The Labute approximate surface area is 374 Å². The highest BCUT2D eigenvalue weighted by Crippen LogP contribution is 2.14. The van der Waals surface area contributed by atoms with Gasteiger partial charge in [0.1, 0.15) is 6.61 Å². The maximum atomic E-state index is 12.8. The number of rotatable bonds is 43. The number of carboxylic acids is 1. The summed E-state index contributed by atoms with van der Waals surface area (Å²) >= 11 is 0. The van der Waals surface area contributed by atoms with Gasteiger partial charge in [0.25, 0.3) is 0 Å². The highest BCUT2D eigenvalue weighted by molar-refractivity contribution is 5.72. The van der Waals surface area contributed by atoms with Crippen LogP contribution in [0, 0.1) is 0 Å². The molecular weight excluding hydrogens is 763 g/mol. The number of allylic oxidation sites excluding steroid dienone is 12. The van der Waals surface area contributed by atoms with E-state index in [1.54, 1.807) is 0 Å². The maximum Gasteiger partial charge on any atom is 0.362 e. The average Bonchev–Trinajstić information content (AvgIpc) is 3.22. The molecule has 2 unspecified atom stereocenters. The van der Waals surface area contributed by atoms with Crippen LogP contribution in [-0.2, 0) is 28.6 Å². The van der Waals surface area contributed by atoms with Gasteiger partial charge in [-0.05, 0) is 64.2 Å². The summed E-state index contributed by atoms with van der Waals surface area (Å²) in [6.07, 6.45) is 55.2. The summed E-state index contributed by atoms with van der Waals surface area (Å²) in [6.45, 7) is 4.56. The van der Waals surface area contributed by atoms with Crippen LogP contribution in [0.4, 0.5) is 0 Å². The molecule has 2 atom stereocenters. The van der Waals surface area contributed by atoms with Crippen molar-refractivity contribution in [3.8, 4) is 0 Å². The standard InChI is InChI=1S/C53H91NO7/c1-6-8-10-12-14-16-18-20-22-23-24-25-26-27-28-30-32-34-36-38-40-42-44-52(56)61-49(47-59-46-45-50(53(57)58)54(3,4)5)48-60-51(55)43-41-39-37-35-33-31-29-21-19-17-15-13-11-9-7-2/h9,11,13,15,17,19,21,23-24,26-27,29,49-50H,6-8,10,12,14,16,18,20,22,25,28,30-48H2,1-5H3/p+1/b11-9+,15-13+,19-17+,24-23+,27-26+,29-21+. The highest BCUT2D eigenvalue weighted by atomic mass is 16.6. The van der Waals surface area contributed by atoms with Crippen molar-refractivity contribution < 1.29 is 38.2 Å². The van der Waals surface area contributed by atoms with E-state index in [4.69, 9.17) is 14.2 Å². The van der Waals surface area contributed by atoms with Gasteiger partial charge in [-0.15, -0.1) is 0 Å². The molecule has 0 aromatic carbocycles. The molecule has 0 fully saturated rings. The number of aliphatic carboxylic acids is 1. The molecule has 8 nitrogen and oxygen atoms in total. The number of unbranched alkanes of at least 4 members (excludes halogenated alkanes) is 20. The van der Waals surface area contributed by atoms with Gasteiger partial charge in [0, 0.05) is 19.3 Å². The van der Waals surface area contributed by atoms with Crippen LogP contribution < -0.4 is 0 Å². The third-order valence-corrected chi connectivity index (χ3v) is 10.7. The van der Waals surface area contributed by atoms with E-state index in [9.17, 15) is 19.5 Å². The van der Waals surface area contributed by atoms with Gasteiger partial charge in [0.15, 0.2) is 12.1 Å². The van der Waals surface area contributed by atoms with E-state index in [1.807, 2.05) is 45.4 Å². The molecule has 350 valence electrons. The lowest BCUT2D eigenvalue weighted by atomic mass is 10.1. The zero-order valence-corrected chi connectivity index (χ0v) is 39.8. The molecule has 0 saturated carbocycles. The number of carbonyl (C=O) groups excluding carboxylic acids is 2. The molecule has 0 saturated heterocycles. The van der Waals surface area contributed by atoms with E-state index in [0.29, 0.717) is 19.3 Å². The van der Waals surface area contributed by atoms with Gasteiger partial charge in [0.05, 0.1) is 34.4 Å². The number of nitrogens with zero attached hydrogens (tertiary/aromatic N) is 1. The van der Waals surface area contributed by atoms with E-state index in [0.717, 1.165) is 77.0 Å². The molecule has 0 rings (SSSR count). The van der Waals surface area contributed by atoms with E-state index in [2.05, 4.69) is 62.5 Å². The number of carboxylic acid groups (broad SMARTS) is 1. The van der Waals surface area contributed by atoms with Gasteiger partial charge < -0.3 is 23.8 Å². The quantitative estimate of drug-likeness (QED) is 0.0214. The molecule has 0 aliphatic carbocycles. The number of ether oxygens (including phenoxy) is 3. The fourth-order valence-corrected chi connectivity index (χ4v) is 6.90. The summed E-state index contributed by atoms with van der Waals surface area (Å²) in [5.41, 5.74) is 0. The van der Waals surface area contributed by atoms with Crippen molar-refractivity contribution in [1.82, 2.24) is 0 Å². The van der Waals surface area contributed by atoms with Crippen molar-refractivity contribution in [2.24, 2.45) is 0 Å². The Hall–Kier alpha value is -3.23. The van der Waals surface area contributed by atoms with E-state index >= 15 is 0 Å². The minimum absolute atomic E-state index is 0.0466. The minimum Gasteiger partial charge on any atom is -0.477 e. The van der Waals surface area contributed by atoms with Gasteiger partial charge >= 0.3 is 17.9 Å². The number of quaternary nitrogens is 1. The molecule has 0 amide bonds. The van der Waals surface area contributed by atoms with Crippen molar-refractivity contribution in [3.63, 3.8) is 0 Å². The summed E-state index contributed by atoms with van der Waals surface area (Å²) < 4.78 is 17.3. The maximum absolute atomic E-state index is 12.8. The third-order valence-electron chi connectivity index (χ3n) is 10.7. The van der Waals surface area contributed by atoms with Crippen LogP contribution >= 0.6 is 0 Å². The van der Waals surface area contributed by atoms with Crippen LogP contribution in [0.25, 0.3) is 0 Å². The lowest BCUT2D eigenvalue weighted by Crippen LogP contribution is -2.50. The third kappa shape index (κ3) is 41.9. The number of hydrogen-bond acceptors (Lipinski definition) is 6. The topological polar surface area (TPSA) is 99.1 Å². The Morgan fingerprint density at radius 1 is 0.525 bits per heavy atom. The second kappa shape index (κ2) is 43.4. The monoisotopic (exact) mass is 855 g/mol. The molecule has 0 aliphatic rings. The molecule has 8 heteroatoms. The first kappa shape index (κ1) is 57.8. The fraction of sp³-hybridized carbons (Fsp3) is 0.717. The van der Waals surface area contributed by atoms with Crippen molar-refractivity contribution in [3.05, 3.63) is 72.9 Å². The zero-order valence-electron chi connectivity index (χ0n) is 39.8. The van der Waals surface area contributed by atoms with E-state index in [-0.39, 0.29) is 36.2 Å². The summed E-state index contributed by atoms with van der Waals surface area (Å²) in [6, 6.07) is -0.624. The lowest BCUT2D eigenvalue weighted by molar-refractivity contribution is -0.887. The predicted molar refractivity (Wildman–Crippen MR) is 257 cm³/mol. The van der Waals surface area contributed by atoms with Crippen molar-refractivity contribution in [1.29, 1.82) is 0 Å². The number of carbonyl (C=O) groups is 3. The molecular formula is C53H92NO7+. The summed E-state index contributed by atoms with van der Waals surface area (Å²) in [7, 11) is 5.52. The Morgan fingerprint density at radius 3 is 1.49 bits per heavy atom. The Bertz CT molecular complexity index is 1230. The Kier molecular flexibility index (Phi) is 41.1. The first-order valence-electron chi connectivity index (χ1n) is 24.5. The second-order valence-corrected chi connectivity index (χ2v) is 17.4. The molecule has 0 aromatic heterocycles. The summed E-state index contributed by atoms with van der Waals surface area (Å²) in [5.74, 6) is -1.51. The highest BCUT2D eigenvalue weighted by Gasteiger charge is 2.31. The molecule has 0 aliphatic heterocycles. The Balaban J connectivity index is 4.31. The predicted octanol–water partition coefficient (Wildman–Crippen LogP) is 13.9. The molecule has 0 radical (unpaired) electrons. The fourth-order valence-electron chi connectivity index (χ4n) is 6.90. The average molecular weight is 855 g/mol. The SMILES string of the molecule is CC/C=C/C=C/C=C/C=C/CCCCCCCC(=O)OCC(COCCC(C(=O)O)[N+](C)(C)C)OC(=O)CCCCCCCCC/C=C/C/C=C/CCCCCCCCCC. The normalized spacial score (nSPS) is 13.5. The van der Waals surface area contributed by atoms with Crippen molar-refractivity contribution in [2.45, 2.75) is 206 Å². The molecule has 1 N–H and O–H groups in total. The number of likely N-dealkylation sites (N-methyl/N-ethyl adjacent to an activating group) is 1. The van der Waals surface area contributed by atoms with Gasteiger partial charge in [0.2, 0.25) is 0 Å². The van der Waals surface area contributed by atoms with Crippen LogP contribution in [0.5, 0.6) is 0 Å². The van der Waals surface area contributed by atoms with Gasteiger partial charge in [-0.1, -0.05) is 183 Å². The van der Waals surface area contributed by atoms with Crippen molar-refractivity contribution in [2.75, 3.05) is 41.0 Å². The number of hydrogen-bond donors (Lipinski definition) is 1. The molecule has 0 heterocycles. The van der Waals surface area contributed by atoms with Crippen LogP contribution in [0.1, 0.15) is 194 Å².